The molecule has 0 aliphatic heterocycles. The molecule has 8 heteroatoms. The summed E-state index contributed by atoms with van der Waals surface area (Å²) in [6.45, 7) is 0. The highest BCUT2D eigenvalue weighted by atomic mass is 16.6. The quantitative estimate of drug-likeness (QED) is 0.567. The van der Waals surface area contributed by atoms with Crippen LogP contribution in [0.15, 0.2) is 16.5 Å². The molecule has 0 saturated carbocycles. The number of carboxylic acids is 2. The van der Waals surface area contributed by atoms with Crippen molar-refractivity contribution in [3.05, 3.63) is 28.0 Å². The molecule has 0 saturated heterocycles. The smallest absolute Gasteiger partial charge is 0.433 e. The normalized spacial score (nSPS) is 10.4. The molecule has 0 bridgehead atoms. The summed E-state index contributed by atoms with van der Waals surface area (Å²) in [5.74, 6) is -3.87. The van der Waals surface area contributed by atoms with E-state index in [0.717, 1.165) is 6.07 Å². The van der Waals surface area contributed by atoms with Crippen molar-refractivity contribution >= 4 is 17.8 Å². The van der Waals surface area contributed by atoms with Gasteiger partial charge in [0.2, 0.25) is 0 Å². The Balaban J connectivity index is 2.90. The predicted molar refractivity (Wildman–Crippen MR) is 52.6 cm³/mol. The van der Waals surface area contributed by atoms with Crippen LogP contribution in [0.4, 0.5) is 5.88 Å². The fraction of sp³-hybridized carbons (Fsp3) is 0.333. The van der Waals surface area contributed by atoms with Gasteiger partial charge in [0.25, 0.3) is 0 Å². The molecule has 0 aliphatic rings. The molecule has 2 N–H and O–H groups in total. The first-order valence-electron chi connectivity index (χ1n) is 4.58. The van der Waals surface area contributed by atoms with Crippen LogP contribution in [0.5, 0.6) is 0 Å². The van der Waals surface area contributed by atoms with E-state index in [-0.39, 0.29) is 5.76 Å². The molecule has 0 aliphatic carbocycles. The Bertz CT molecular complexity index is 434. The van der Waals surface area contributed by atoms with Crippen LogP contribution in [0.1, 0.15) is 24.5 Å². The second kappa shape index (κ2) is 5.10. The molecule has 0 atom stereocenters. The summed E-state index contributed by atoms with van der Waals surface area (Å²) in [5.41, 5.74) is 0. The van der Waals surface area contributed by atoms with Gasteiger partial charge < -0.3 is 14.6 Å². The Morgan fingerprint density at radius 1 is 1.29 bits per heavy atom. The van der Waals surface area contributed by atoms with E-state index in [0.29, 0.717) is 0 Å². The summed E-state index contributed by atoms with van der Waals surface area (Å²) in [6, 6.07) is 2.28. The lowest BCUT2D eigenvalue weighted by Crippen LogP contribution is -2.10. The molecule has 1 aromatic heterocycles. The van der Waals surface area contributed by atoms with Crippen molar-refractivity contribution in [2.24, 2.45) is 0 Å². The molecule has 0 unspecified atom stereocenters. The minimum Gasteiger partial charge on any atom is -0.481 e. The number of hydrogen-bond donors (Lipinski definition) is 2. The van der Waals surface area contributed by atoms with Gasteiger partial charge in [0.05, 0.1) is 18.9 Å². The zero-order chi connectivity index (χ0) is 13.0. The van der Waals surface area contributed by atoms with E-state index < -0.39 is 41.5 Å². The molecule has 1 heterocycles. The molecule has 0 spiro atoms. The Morgan fingerprint density at radius 2 is 1.82 bits per heavy atom. The van der Waals surface area contributed by atoms with Crippen molar-refractivity contribution in [1.29, 1.82) is 0 Å². The fourth-order valence-corrected chi connectivity index (χ4v) is 1.35. The van der Waals surface area contributed by atoms with Crippen LogP contribution in [0.2, 0.25) is 0 Å². The van der Waals surface area contributed by atoms with Crippen molar-refractivity contribution in [3.63, 3.8) is 0 Å². The highest BCUT2D eigenvalue weighted by Crippen LogP contribution is 2.28. The van der Waals surface area contributed by atoms with Crippen LogP contribution in [-0.4, -0.2) is 27.1 Å². The van der Waals surface area contributed by atoms with E-state index in [1.165, 1.54) is 6.07 Å². The zero-order valence-electron chi connectivity index (χ0n) is 8.53. The first kappa shape index (κ1) is 12.7. The Hall–Kier alpha value is -2.38. The third-order valence-corrected chi connectivity index (χ3v) is 2.04. The average molecular weight is 243 g/mol. The fourth-order valence-electron chi connectivity index (χ4n) is 1.35. The summed E-state index contributed by atoms with van der Waals surface area (Å²) in [5, 5.41) is 27.6. The SMILES string of the molecule is O=C(O)CC(CC(=O)O)c1ccc([N+](=O)[O-])o1. The summed E-state index contributed by atoms with van der Waals surface area (Å²) >= 11 is 0. The summed E-state index contributed by atoms with van der Waals surface area (Å²) in [6.07, 6.45) is -0.923. The maximum atomic E-state index is 10.5. The van der Waals surface area contributed by atoms with Crippen LogP contribution in [0.25, 0.3) is 0 Å². The molecule has 0 aromatic carbocycles. The molecule has 1 rings (SSSR count). The molecule has 92 valence electrons. The van der Waals surface area contributed by atoms with Crippen molar-refractivity contribution < 1.29 is 29.1 Å². The van der Waals surface area contributed by atoms with Gasteiger partial charge in [0, 0.05) is 5.92 Å². The van der Waals surface area contributed by atoms with Gasteiger partial charge in [-0.05, 0) is 6.07 Å². The van der Waals surface area contributed by atoms with Gasteiger partial charge in [-0.2, -0.15) is 0 Å². The number of hydrogen-bond acceptors (Lipinski definition) is 5. The summed E-state index contributed by atoms with van der Waals surface area (Å²) < 4.78 is 4.78. The van der Waals surface area contributed by atoms with Crippen LogP contribution in [-0.2, 0) is 9.59 Å². The standard InChI is InChI=1S/C9H9NO7/c11-8(12)3-5(4-9(13)14)6-1-2-7(17-6)10(15)16/h1-2,5H,3-4H2,(H,11,12)(H,13,14). The van der Waals surface area contributed by atoms with Crippen LogP contribution >= 0.6 is 0 Å². The Kier molecular flexibility index (Phi) is 3.81. The number of nitrogens with zero attached hydrogens (tertiary/aromatic N) is 1. The largest absolute Gasteiger partial charge is 0.481 e. The lowest BCUT2D eigenvalue weighted by atomic mass is 9.99. The molecule has 17 heavy (non-hydrogen) atoms. The highest BCUT2D eigenvalue weighted by Gasteiger charge is 2.24. The third kappa shape index (κ3) is 3.59. The second-order valence-electron chi connectivity index (χ2n) is 3.33. The van der Waals surface area contributed by atoms with Gasteiger partial charge in [-0.3, -0.25) is 19.7 Å². The number of aliphatic carboxylic acids is 2. The highest BCUT2D eigenvalue weighted by molar-refractivity contribution is 5.72. The number of carboxylic acid groups (broad SMARTS) is 2. The third-order valence-electron chi connectivity index (χ3n) is 2.04. The van der Waals surface area contributed by atoms with Crippen molar-refractivity contribution in [2.45, 2.75) is 18.8 Å². The van der Waals surface area contributed by atoms with E-state index in [2.05, 4.69) is 0 Å². The monoisotopic (exact) mass is 243 g/mol. The molecule has 0 amide bonds. The molecular weight excluding hydrogens is 234 g/mol. The molecule has 1 aromatic rings. The van der Waals surface area contributed by atoms with E-state index in [1.807, 2.05) is 0 Å². The molecular formula is C9H9NO7. The maximum absolute atomic E-state index is 10.5. The van der Waals surface area contributed by atoms with E-state index in [9.17, 15) is 19.7 Å². The molecule has 0 fully saturated rings. The van der Waals surface area contributed by atoms with E-state index >= 15 is 0 Å². The lowest BCUT2D eigenvalue weighted by Gasteiger charge is -2.08. The van der Waals surface area contributed by atoms with Gasteiger partial charge in [-0.1, -0.05) is 0 Å². The summed E-state index contributed by atoms with van der Waals surface area (Å²) in [4.78, 5) is 30.7. The van der Waals surface area contributed by atoms with Gasteiger partial charge in [0.15, 0.2) is 0 Å². The molecule has 8 nitrogen and oxygen atoms in total. The minimum absolute atomic E-state index is 0.0125. The lowest BCUT2D eigenvalue weighted by molar-refractivity contribution is -0.402. The Morgan fingerprint density at radius 3 is 2.18 bits per heavy atom. The number of carbonyl (C=O) groups is 2. The van der Waals surface area contributed by atoms with Gasteiger partial charge in [-0.25, -0.2) is 0 Å². The van der Waals surface area contributed by atoms with E-state index in [4.69, 9.17) is 14.6 Å². The number of furan rings is 1. The average Bonchev–Trinajstić information content (AvgIpc) is 2.63. The maximum Gasteiger partial charge on any atom is 0.433 e. The predicted octanol–water partition coefficient (Wildman–Crippen LogP) is 1.22. The van der Waals surface area contributed by atoms with Crippen molar-refractivity contribution in [2.75, 3.05) is 0 Å². The summed E-state index contributed by atoms with van der Waals surface area (Å²) in [7, 11) is 0. The Labute approximate surface area is 94.6 Å². The van der Waals surface area contributed by atoms with Crippen LogP contribution in [0, 0.1) is 10.1 Å². The number of rotatable bonds is 6. The second-order valence-corrected chi connectivity index (χ2v) is 3.33. The van der Waals surface area contributed by atoms with Crippen molar-refractivity contribution in [3.8, 4) is 0 Å². The first-order valence-corrected chi connectivity index (χ1v) is 4.58. The number of nitro groups is 1. The van der Waals surface area contributed by atoms with E-state index in [1.54, 1.807) is 0 Å². The van der Waals surface area contributed by atoms with Gasteiger partial charge in [-0.15, -0.1) is 0 Å². The minimum atomic E-state index is -1.20. The zero-order valence-corrected chi connectivity index (χ0v) is 8.53. The van der Waals surface area contributed by atoms with Crippen LogP contribution in [0.3, 0.4) is 0 Å². The molecule has 0 radical (unpaired) electrons. The van der Waals surface area contributed by atoms with Crippen LogP contribution < -0.4 is 0 Å². The van der Waals surface area contributed by atoms with Crippen molar-refractivity contribution in [1.82, 2.24) is 0 Å². The topological polar surface area (TPSA) is 131 Å². The van der Waals surface area contributed by atoms with Gasteiger partial charge in [0.1, 0.15) is 10.7 Å². The van der Waals surface area contributed by atoms with Gasteiger partial charge >= 0.3 is 17.8 Å². The first-order chi connectivity index (χ1) is 7.90.